The van der Waals surface area contributed by atoms with Gasteiger partial charge in [0, 0.05) is 11.8 Å². The van der Waals surface area contributed by atoms with Gasteiger partial charge in [0.1, 0.15) is 24.2 Å². The second-order valence-corrected chi connectivity index (χ2v) is 10.4. The van der Waals surface area contributed by atoms with Gasteiger partial charge in [-0.05, 0) is 70.6 Å². The van der Waals surface area contributed by atoms with Crippen molar-refractivity contribution < 1.29 is 44.5 Å². The van der Waals surface area contributed by atoms with Gasteiger partial charge in [-0.15, -0.1) is 0 Å². The highest BCUT2D eigenvalue weighted by atomic mass is 16.4. The van der Waals surface area contributed by atoms with Crippen molar-refractivity contribution in [3.63, 3.8) is 0 Å². The molecule has 1 saturated heterocycles. The summed E-state index contributed by atoms with van der Waals surface area (Å²) in [5.41, 5.74) is 22.8. The van der Waals surface area contributed by atoms with E-state index in [0.29, 0.717) is 57.8 Å². The van der Waals surface area contributed by atoms with Crippen molar-refractivity contribution in [2.45, 2.75) is 101 Å². The Morgan fingerprint density at radius 1 is 0.649 bits per heavy atom. The largest absolute Gasteiger partial charge is 0.480 e. The molecular weight excluding hydrogens is 486 g/mol. The molecule has 0 aromatic heterocycles. The fraction of sp³-hybridized carbons (Fsp3) is 0.833. The Hall–Kier alpha value is -2.32. The average Bonchev–Trinajstić information content (AvgIpc) is 2.83. The summed E-state index contributed by atoms with van der Waals surface area (Å²) >= 11 is 0. The van der Waals surface area contributed by atoms with Gasteiger partial charge < -0.3 is 48.3 Å². The first-order valence-corrected chi connectivity index (χ1v) is 13.1. The molecule has 1 aliphatic rings. The van der Waals surface area contributed by atoms with E-state index < -0.39 is 48.0 Å². The molecule has 0 amide bonds. The summed E-state index contributed by atoms with van der Waals surface area (Å²) in [5.74, 6) is -3.91. The van der Waals surface area contributed by atoms with Gasteiger partial charge in [0.25, 0.3) is 0 Å². The maximum atomic E-state index is 11.3. The first-order chi connectivity index (χ1) is 17.3. The van der Waals surface area contributed by atoms with Gasteiger partial charge in [-0.1, -0.05) is 0 Å². The Morgan fingerprint density at radius 3 is 1.62 bits per heavy atom. The number of nitrogens with two attached hydrogens (primary N) is 4. The Kier molecular flexibility index (Phi) is 14.6. The summed E-state index contributed by atoms with van der Waals surface area (Å²) in [6.45, 7) is 1.51. The van der Waals surface area contributed by atoms with Crippen LogP contribution in [0.1, 0.15) is 70.6 Å². The summed E-state index contributed by atoms with van der Waals surface area (Å²) in [5, 5.41) is 36.5. The molecule has 8 unspecified atom stereocenters. The topological polar surface area (TPSA) is 258 Å². The van der Waals surface area contributed by atoms with Gasteiger partial charge in [-0.2, -0.15) is 0 Å². The number of carbonyl (C=O) groups is 4. The number of carboxylic acids is 4. The van der Waals surface area contributed by atoms with Crippen molar-refractivity contribution in [3.8, 4) is 0 Å². The number of likely N-dealkylation sites (tertiary alicyclic amines) is 1. The summed E-state index contributed by atoms with van der Waals surface area (Å²) < 4.78 is 0. The number of carboxylic acid groups (broad SMARTS) is 4. The Labute approximate surface area is 217 Å². The van der Waals surface area contributed by atoms with Crippen molar-refractivity contribution in [1.82, 2.24) is 0 Å². The van der Waals surface area contributed by atoms with Crippen LogP contribution >= 0.6 is 0 Å². The minimum Gasteiger partial charge on any atom is -0.480 e. The fourth-order valence-electron chi connectivity index (χ4n) is 5.37. The highest BCUT2D eigenvalue weighted by molar-refractivity contribution is 5.74. The van der Waals surface area contributed by atoms with E-state index in [9.17, 15) is 24.3 Å². The first-order valence-electron chi connectivity index (χ1n) is 13.1. The van der Waals surface area contributed by atoms with Crippen LogP contribution in [0.3, 0.4) is 0 Å². The number of aliphatic carboxylic acids is 4. The normalized spacial score (nSPS) is 25.1. The van der Waals surface area contributed by atoms with Crippen LogP contribution in [-0.4, -0.2) is 87.6 Å². The Balaban J connectivity index is 2.98. The molecule has 0 spiro atoms. The van der Waals surface area contributed by atoms with Crippen LogP contribution in [0.15, 0.2) is 0 Å². The van der Waals surface area contributed by atoms with E-state index in [1.165, 1.54) is 4.90 Å². The van der Waals surface area contributed by atoms with E-state index in [1.807, 2.05) is 0 Å². The summed E-state index contributed by atoms with van der Waals surface area (Å²) in [4.78, 5) is 45.9. The Morgan fingerprint density at radius 2 is 1.11 bits per heavy atom. The number of unbranched alkanes of at least 4 members (excludes halogenated alkanes) is 1. The van der Waals surface area contributed by atoms with E-state index in [0.717, 1.165) is 25.9 Å². The SMILES string of the molecule is NC(CCCC[NH+]1CC(CCC(N)C(=O)O)CC(CCC(N)C(=O)O)C1CCCC(N)C(=O)O)C(=O)O. The zero-order valence-corrected chi connectivity index (χ0v) is 21.5. The smallest absolute Gasteiger partial charge is 0.320 e. The highest BCUT2D eigenvalue weighted by Crippen LogP contribution is 2.29. The molecule has 1 fully saturated rings. The third-order valence-corrected chi connectivity index (χ3v) is 7.58. The Bertz CT molecular complexity index is 755. The van der Waals surface area contributed by atoms with Crippen LogP contribution in [0.5, 0.6) is 0 Å². The molecule has 13 nitrogen and oxygen atoms in total. The number of piperidine rings is 1. The van der Waals surface area contributed by atoms with E-state index >= 15 is 0 Å². The monoisotopic (exact) mass is 532 g/mol. The third-order valence-electron chi connectivity index (χ3n) is 7.58. The highest BCUT2D eigenvalue weighted by Gasteiger charge is 2.39. The second kappa shape index (κ2) is 16.5. The molecule has 0 bridgehead atoms. The summed E-state index contributed by atoms with van der Waals surface area (Å²) in [6.07, 6.45) is 5.98. The standard InChI is InChI=1S/C24H45N5O8/c25-16(21(30)31)4-1-2-11-29-13-14(7-9-18(27)23(34)35)12-15(8-10-19(28)24(36)37)20(29)6-3-5-17(26)22(32)33/h14-20H,1-13,25-28H2,(H,30,31)(H,32,33)(H,34,35)(H,36,37)/p+1. The molecule has 214 valence electrons. The molecule has 1 aliphatic heterocycles. The first kappa shape index (κ1) is 32.7. The van der Waals surface area contributed by atoms with E-state index in [1.54, 1.807) is 0 Å². The molecule has 37 heavy (non-hydrogen) atoms. The maximum Gasteiger partial charge on any atom is 0.320 e. The number of quaternary nitrogens is 1. The predicted molar refractivity (Wildman–Crippen MR) is 135 cm³/mol. The second-order valence-electron chi connectivity index (χ2n) is 10.4. The van der Waals surface area contributed by atoms with Gasteiger partial charge in [0.2, 0.25) is 0 Å². The molecule has 1 heterocycles. The predicted octanol–water partition coefficient (Wildman–Crippen LogP) is -1.58. The van der Waals surface area contributed by atoms with Gasteiger partial charge in [0.15, 0.2) is 0 Å². The lowest BCUT2D eigenvalue weighted by Gasteiger charge is -2.43. The van der Waals surface area contributed by atoms with Crippen molar-refractivity contribution >= 4 is 23.9 Å². The average molecular weight is 533 g/mol. The molecule has 1 rings (SSSR count). The molecule has 0 saturated carbocycles. The molecule has 13 heteroatoms. The van der Waals surface area contributed by atoms with Crippen molar-refractivity contribution in [3.05, 3.63) is 0 Å². The minimum atomic E-state index is -1.07. The van der Waals surface area contributed by atoms with E-state index in [4.69, 9.17) is 38.3 Å². The van der Waals surface area contributed by atoms with Crippen molar-refractivity contribution in [1.29, 1.82) is 0 Å². The van der Waals surface area contributed by atoms with Crippen molar-refractivity contribution in [2.75, 3.05) is 13.1 Å². The van der Waals surface area contributed by atoms with Gasteiger partial charge in [0.05, 0.1) is 19.1 Å². The number of rotatable bonds is 19. The van der Waals surface area contributed by atoms with E-state index in [2.05, 4.69) is 0 Å². The van der Waals surface area contributed by atoms with Crippen LogP contribution in [0, 0.1) is 11.8 Å². The van der Waals surface area contributed by atoms with Gasteiger partial charge >= 0.3 is 23.9 Å². The van der Waals surface area contributed by atoms with Gasteiger partial charge in [-0.25, -0.2) is 0 Å². The number of hydrogen-bond donors (Lipinski definition) is 9. The molecular formula is C24H46N5O8+. The quantitative estimate of drug-likeness (QED) is 0.0854. The van der Waals surface area contributed by atoms with Crippen molar-refractivity contribution in [2.24, 2.45) is 34.8 Å². The van der Waals surface area contributed by atoms with Gasteiger partial charge in [-0.3, -0.25) is 19.2 Å². The summed E-state index contributed by atoms with van der Waals surface area (Å²) in [7, 11) is 0. The van der Waals surface area contributed by atoms with Crippen LogP contribution in [0.2, 0.25) is 0 Å². The zero-order chi connectivity index (χ0) is 28.1. The van der Waals surface area contributed by atoms with E-state index in [-0.39, 0.29) is 17.9 Å². The molecule has 0 radical (unpaired) electrons. The molecule has 0 aromatic carbocycles. The molecule has 0 aromatic rings. The zero-order valence-electron chi connectivity index (χ0n) is 21.5. The third kappa shape index (κ3) is 12.2. The maximum absolute atomic E-state index is 11.3. The van der Waals surface area contributed by atoms with Crippen LogP contribution in [0.4, 0.5) is 0 Å². The fourth-order valence-corrected chi connectivity index (χ4v) is 5.37. The lowest BCUT2D eigenvalue weighted by atomic mass is 9.76. The lowest BCUT2D eigenvalue weighted by Crippen LogP contribution is -3.18. The van der Waals surface area contributed by atoms with Crippen LogP contribution < -0.4 is 27.8 Å². The summed E-state index contributed by atoms with van der Waals surface area (Å²) in [6, 6.07) is -3.67. The number of hydrogen-bond acceptors (Lipinski definition) is 8. The molecule has 8 atom stereocenters. The minimum absolute atomic E-state index is 0.113. The molecule has 13 N–H and O–H groups in total. The number of nitrogens with one attached hydrogen (secondary N) is 1. The van der Waals surface area contributed by atoms with Crippen LogP contribution in [-0.2, 0) is 19.2 Å². The lowest BCUT2D eigenvalue weighted by molar-refractivity contribution is -0.939. The van der Waals surface area contributed by atoms with Crippen LogP contribution in [0.25, 0.3) is 0 Å². The molecule has 0 aliphatic carbocycles.